The summed E-state index contributed by atoms with van der Waals surface area (Å²) in [5.41, 5.74) is -1.41. The summed E-state index contributed by atoms with van der Waals surface area (Å²) >= 11 is 0. The van der Waals surface area contributed by atoms with E-state index in [0.29, 0.717) is 17.1 Å². The van der Waals surface area contributed by atoms with Crippen molar-refractivity contribution in [3.63, 3.8) is 0 Å². The first kappa shape index (κ1) is 17.8. The summed E-state index contributed by atoms with van der Waals surface area (Å²) in [4.78, 5) is 25.3. The van der Waals surface area contributed by atoms with Gasteiger partial charge in [0.15, 0.2) is 5.60 Å². The summed E-state index contributed by atoms with van der Waals surface area (Å²) in [7, 11) is 1.52. The molecule has 0 bridgehead atoms. The molecular formula is C17H21NO6. The van der Waals surface area contributed by atoms with E-state index >= 15 is 0 Å². The van der Waals surface area contributed by atoms with Crippen LogP contribution in [-0.2, 0) is 4.79 Å². The highest BCUT2D eigenvalue weighted by Crippen LogP contribution is 2.29. The smallest absolute Gasteiger partial charge is 0.335 e. The van der Waals surface area contributed by atoms with Gasteiger partial charge >= 0.3 is 5.97 Å². The Bertz CT molecular complexity index is 634. The van der Waals surface area contributed by atoms with Crippen LogP contribution in [0, 0.1) is 0 Å². The van der Waals surface area contributed by atoms with E-state index in [1.807, 2.05) is 0 Å². The second-order valence-electron chi connectivity index (χ2n) is 5.59. The zero-order valence-corrected chi connectivity index (χ0v) is 13.5. The molecule has 0 aromatic heterocycles. The largest absolute Gasteiger partial charge is 0.497 e. The quantitative estimate of drug-likeness (QED) is 0.761. The average Bonchev–Trinajstić information content (AvgIpc) is 2.59. The molecule has 1 amide bonds. The minimum absolute atomic E-state index is 0.00687. The average molecular weight is 335 g/mol. The van der Waals surface area contributed by atoms with Crippen LogP contribution in [0.2, 0.25) is 0 Å². The molecule has 130 valence electrons. The summed E-state index contributed by atoms with van der Waals surface area (Å²) < 4.78 is 10.7. The molecule has 1 aromatic rings. The first-order chi connectivity index (χ1) is 11.4. The lowest BCUT2D eigenvalue weighted by Crippen LogP contribution is -2.50. The van der Waals surface area contributed by atoms with Crippen molar-refractivity contribution in [1.82, 2.24) is 4.90 Å². The number of hydrogen-bond donors (Lipinski definition) is 2. The van der Waals surface area contributed by atoms with Gasteiger partial charge in [0, 0.05) is 32.0 Å². The van der Waals surface area contributed by atoms with Gasteiger partial charge in [0.05, 0.1) is 12.7 Å². The van der Waals surface area contributed by atoms with Crippen LogP contribution in [0.3, 0.4) is 0 Å². The number of likely N-dealkylation sites (tertiary alicyclic amines) is 1. The fraction of sp³-hybridized carbons (Fsp3) is 0.412. The number of aliphatic carboxylic acids is 1. The molecular weight excluding hydrogens is 314 g/mol. The van der Waals surface area contributed by atoms with Crippen molar-refractivity contribution in [2.45, 2.75) is 18.4 Å². The summed E-state index contributed by atoms with van der Waals surface area (Å²) in [5, 5.41) is 19.0. The number of carboxylic acids is 1. The van der Waals surface area contributed by atoms with Gasteiger partial charge in [-0.1, -0.05) is 12.7 Å². The number of rotatable bonds is 6. The van der Waals surface area contributed by atoms with Crippen molar-refractivity contribution in [1.29, 1.82) is 0 Å². The van der Waals surface area contributed by atoms with Crippen LogP contribution in [-0.4, -0.2) is 59.4 Å². The lowest BCUT2D eigenvalue weighted by molar-refractivity contribution is -0.162. The van der Waals surface area contributed by atoms with E-state index in [1.54, 1.807) is 24.3 Å². The Morgan fingerprint density at radius 1 is 1.38 bits per heavy atom. The number of carboxylic acid groups (broad SMARTS) is 1. The third-order valence-corrected chi connectivity index (χ3v) is 4.05. The molecule has 1 fully saturated rings. The standard InChI is InChI=1S/C17H21NO6/c1-3-10-24-14-11-12(23-2)4-5-13(14)15(19)18-8-6-17(22,7-9-18)16(20)21/h3-5,11,22H,1,6-10H2,2H3,(H,20,21). The highest BCUT2D eigenvalue weighted by Gasteiger charge is 2.40. The van der Waals surface area contributed by atoms with Crippen molar-refractivity contribution in [3.8, 4) is 11.5 Å². The zero-order valence-electron chi connectivity index (χ0n) is 13.5. The summed E-state index contributed by atoms with van der Waals surface area (Å²) in [6.45, 7) is 4.14. The Kier molecular flexibility index (Phi) is 5.46. The molecule has 7 nitrogen and oxygen atoms in total. The number of amides is 1. The number of ether oxygens (including phenoxy) is 2. The van der Waals surface area contributed by atoms with Gasteiger partial charge in [0.1, 0.15) is 18.1 Å². The third-order valence-electron chi connectivity index (χ3n) is 4.05. The monoisotopic (exact) mass is 335 g/mol. The van der Waals surface area contributed by atoms with Crippen LogP contribution in [0.1, 0.15) is 23.2 Å². The molecule has 7 heteroatoms. The van der Waals surface area contributed by atoms with Crippen molar-refractivity contribution in [2.75, 3.05) is 26.8 Å². The number of carbonyl (C=O) groups is 2. The highest BCUT2D eigenvalue weighted by molar-refractivity contribution is 5.97. The van der Waals surface area contributed by atoms with E-state index in [0.717, 1.165) is 0 Å². The highest BCUT2D eigenvalue weighted by atomic mass is 16.5. The molecule has 1 aliphatic heterocycles. The van der Waals surface area contributed by atoms with Gasteiger partial charge in [-0.3, -0.25) is 4.79 Å². The fourth-order valence-corrected chi connectivity index (χ4v) is 2.54. The maximum atomic E-state index is 12.7. The van der Waals surface area contributed by atoms with Crippen molar-refractivity contribution in [3.05, 3.63) is 36.4 Å². The summed E-state index contributed by atoms with van der Waals surface area (Å²) in [5.74, 6) is -0.596. The van der Waals surface area contributed by atoms with Crippen molar-refractivity contribution < 1.29 is 29.3 Å². The molecule has 0 unspecified atom stereocenters. The number of benzene rings is 1. The minimum Gasteiger partial charge on any atom is -0.497 e. The molecule has 0 spiro atoms. The maximum Gasteiger partial charge on any atom is 0.335 e. The Balaban J connectivity index is 2.17. The van der Waals surface area contributed by atoms with Crippen molar-refractivity contribution in [2.24, 2.45) is 0 Å². The summed E-state index contributed by atoms with van der Waals surface area (Å²) in [6, 6.07) is 4.89. The summed E-state index contributed by atoms with van der Waals surface area (Å²) in [6.07, 6.45) is 1.56. The molecule has 1 aromatic carbocycles. The van der Waals surface area contributed by atoms with Crippen LogP contribution in [0.15, 0.2) is 30.9 Å². The van der Waals surface area contributed by atoms with Gasteiger partial charge < -0.3 is 24.6 Å². The van der Waals surface area contributed by atoms with Crippen LogP contribution in [0.5, 0.6) is 11.5 Å². The number of carbonyl (C=O) groups excluding carboxylic acids is 1. The van der Waals surface area contributed by atoms with Gasteiger partial charge in [-0.05, 0) is 12.1 Å². The maximum absolute atomic E-state index is 12.7. The molecule has 0 radical (unpaired) electrons. The molecule has 1 heterocycles. The zero-order chi connectivity index (χ0) is 17.7. The lowest BCUT2D eigenvalue weighted by Gasteiger charge is -2.35. The second-order valence-corrected chi connectivity index (χ2v) is 5.59. The molecule has 0 saturated carbocycles. The van der Waals surface area contributed by atoms with E-state index in [-0.39, 0.29) is 38.4 Å². The van der Waals surface area contributed by atoms with E-state index in [2.05, 4.69) is 6.58 Å². The van der Waals surface area contributed by atoms with Crippen LogP contribution in [0.4, 0.5) is 0 Å². The molecule has 0 atom stereocenters. The van der Waals surface area contributed by atoms with E-state index in [9.17, 15) is 14.7 Å². The Morgan fingerprint density at radius 3 is 2.58 bits per heavy atom. The number of nitrogens with zero attached hydrogens (tertiary/aromatic N) is 1. The molecule has 24 heavy (non-hydrogen) atoms. The topological polar surface area (TPSA) is 96.3 Å². The van der Waals surface area contributed by atoms with Crippen molar-refractivity contribution >= 4 is 11.9 Å². The Hall–Kier alpha value is -2.54. The van der Waals surface area contributed by atoms with E-state index in [1.165, 1.54) is 12.0 Å². The van der Waals surface area contributed by atoms with E-state index < -0.39 is 11.6 Å². The minimum atomic E-state index is -1.77. The molecule has 1 aliphatic rings. The number of methoxy groups -OCH3 is 1. The second kappa shape index (κ2) is 7.35. The Labute approximate surface area is 140 Å². The molecule has 1 saturated heterocycles. The third kappa shape index (κ3) is 3.68. The first-order valence-electron chi connectivity index (χ1n) is 7.58. The Morgan fingerprint density at radius 2 is 2.04 bits per heavy atom. The lowest BCUT2D eigenvalue weighted by atomic mass is 9.91. The molecule has 2 N–H and O–H groups in total. The first-order valence-corrected chi connectivity index (χ1v) is 7.58. The molecule has 0 aliphatic carbocycles. The predicted octanol–water partition coefficient (Wildman–Crippen LogP) is 1.31. The van der Waals surface area contributed by atoms with E-state index in [4.69, 9.17) is 14.6 Å². The normalized spacial score (nSPS) is 16.3. The predicted molar refractivity (Wildman–Crippen MR) is 86.4 cm³/mol. The number of aliphatic hydroxyl groups is 1. The van der Waals surface area contributed by atoms with Crippen LogP contribution >= 0.6 is 0 Å². The van der Waals surface area contributed by atoms with Gasteiger partial charge in [-0.2, -0.15) is 0 Å². The van der Waals surface area contributed by atoms with Crippen LogP contribution in [0.25, 0.3) is 0 Å². The van der Waals surface area contributed by atoms with Gasteiger partial charge in [-0.25, -0.2) is 4.79 Å². The fourth-order valence-electron chi connectivity index (χ4n) is 2.54. The van der Waals surface area contributed by atoms with Gasteiger partial charge in [0.2, 0.25) is 0 Å². The number of hydrogen-bond acceptors (Lipinski definition) is 5. The van der Waals surface area contributed by atoms with Gasteiger partial charge in [0.25, 0.3) is 5.91 Å². The SMILES string of the molecule is C=CCOc1cc(OC)ccc1C(=O)N1CCC(O)(C(=O)O)CC1. The number of piperidine rings is 1. The van der Waals surface area contributed by atoms with Crippen LogP contribution < -0.4 is 9.47 Å². The molecule has 2 rings (SSSR count). The van der Waals surface area contributed by atoms with Gasteiger partial charge in [-0.15, -0.1) is 0 Å².